The molecule has 1 fully saturated rings. The number of pyridine rings is 1. The van der Waals surface area contributed by atoms with Gasteiger partial charge in [0.15, 0.2) is 0 Å². The molecule has 0 atom stereocenters. The van der Waals surface area contributed by atoms with Gasteiger partial charge in [-0.05, 0) is 75.0 Å². The summed E-state index contributed by atoms with van der Waals surface area (Å²) in [6.07, 6.45) is 4.37. The minimum Gasteiger partial charge on any atom is -0.395 e. The summed E-state index contributed by atoms with van der Waals surface area (Å²) in [4.78, 5) is 26.6. The van der Waals surface area contributed by atoms with Crippen molar-refractivity contribution in [3.8, 4) is 0 Å². The highest BCUT2D eigenvalue weighted by atomic mass is 16.3. The van der Waals surface area contributed by atoms with E-state index in [1.807, 2.05) is 38.1 Å². The van der Waals surface area contributed by atoms with Crippen LogP contribution in [0.1, 0.15) is 53.9 Å². The van der Waals surface area contributed by atoms with Gasteiger partial charge >= 0.3 is 0 Å². The van der Waals surface area contributed by atoms with Crippen LogP contribution in [0.15, 0.2) is 42.6 Å². The third-order valence-corrected chi connectivity index (χ3v) is 6.50. The molecule has 3 aromatic rings. The van der Waals surface area contributed by atoms with Gasteiger partial charge in [0.25, 0.3) is 5.91 Å². The van der Waals surface area contributed by atoms with E-state index in [1.54, 1.807) is 0 Å². The highest BCUT2D eigenvalue weighted by Crippen LogP contribution is 2.47. The van der Waals surface area contributed by atoms with Crippen LogP contribution in [-0.4, -0.2) is 45.2 Å². The number of aliphatic hydroxyl groups is 1. The van der Waals surface area contributed by atoms with Crippen molar-refractivity contribution in [2.24, 2.45) is 0 Å². The number of rotatable bonds is 8. The van der Waals surface area contributed by atoms with Crippen molar-refractivity contribution >= 4 is 29.2 Å². The number of fused-ring (bicyclic) bond motifs is 1. The van der Waals surface area contributed by atoms with Crippen LogP contribution in [0.5, 0.6) is 0 Å². The molecule has 1 aromatic carbocycles. The van der Waals surface area contributed by atoms with Crippen molar-refractivity contribution in [1.29, 1.82) is 0 Å². The number of carbonyl (C=O) groups excluding carboxylic acids is 1. The molecule has 1 saturated carbocycles. The van der Waals surface area contributed by atoms with Crippen molar-refractivity contribution in [2.75, 3.05) is 23.8 Å². The van der Waals surface area contributed by atoms with Crippen LogP contribution in [0, 0.1) is 0 Å². The van der Waals surface area contributed by atoms with Crippen LogP contribution in [0.25, 0.3) is 0 Å². The fraction of sp³-hybridized carbons (Fsp3) is 0.385. The summed E-state index contributed by atoms with van der Waals surface area (Å²) in [6.45, 7) is 5.71. The molecule has 1 aliphatic heterocycles. The van der Waals surface area contributed by atoms with E-state index < -0.39 is 0 Å². The van der Waals surface area contributed by atoms with Gasteiger partial charge in [0, 0.05) is 29.9 Å². The number of benzene rings is 1. The highest BCUT2D eigenvalue weighted by molar-refractivity contribution is 5.99. The van der Waals surface area contributed by atoms with Gasteiger partial charge in [-0.25, -0.2) is 9.97 Å². The first kappa shape index (κ1) is 23.2. The molecule has 5 N–H and O–H groups in total. The van der Waals surface area contributed by atoms with Crippen molar-refractivity contribution in [3.05, 3.63) is 65.0 Å². The number of anilines is 4. The maximum absolute atomic E-state index is 12.9. The molecule has 1 aliphatic carbocycles. The van der Waals surface area contributed by atoms with Crippen molar-refractivity contribution in [3.63, 3.8) is 0 Å². The molecule has 2 aromatic heterocycles. The third kappa shape index (κ3) is 5.11. The maximum Gasteiger partial charge on any atom is 0.256 e. The molecule has 0 bridgehead atoms. The number of nitrogens with one attached hydrogen (secondary N) is 4. The summed E-state index contributed by atoms with van der Waals surface area (Å²) in [7, 11) is 0. The van der Waals surface area contributed by atoms with Crippen LogP contribution >= 0.6 is 0 Å². The van der Waals surface area contributed by atoms with Crippen LogP contribution in [-0.2, 0) is 18.4 Å². The Morgan fingerprint density at radius 2 is 2.00 bits per heavy atom. The Bertz CT molecular complexity index is 1240. The van der Waals surface area contributed by atoms with E-state index >= 15 is 0 Å². The van der Waals surface area contributed by atoms with Crippen LogP contribution in [0.4, 0.5) is 23.3 Å². The second-order valence-corrected chi connectivity index (χ2v) is 9.59. The Kier molecular flexibility index (Phi) is 6.36. The quantitative estimate of drug-likeness (QED) is 0.338. The van der Waals surface area contributed by atoms with Crippen molar-refractivity contribution < 1.29 is 9.90 Å². The van der Waals surface area contributed by atoms with E-state index in [0.29, 0.717) is 23.1 Å². The zero-order chi connectivity index (χ0) is 24.4. The molecule has 0 unspecified atom stereocenters. The molecule has 9 heteroatoms. The van der Waals surface area contributed by atoms with Gasteiger partial charge in [0.1, 0.15) is 17.2 Å². The van der Waals surface area contributed by atoms with E-state index in [2.05, 4.69) is 43.4 Å². The fourth-order valence-corrected chi connectivity index (χ4v) is 4.30. The van der Waals surface area contributed by atoms with E-state index in [0.717, 1.165) is 43.7 Å². The molecular formula is C26H31N7O2. The first-order valence-electron chi connectivity index (χ1n) is 12.1. The lowest BCUT2D eigenvalue weighted by atomic mass is 10.0. The number of aromatic nitrogens is 3. The predicted molar refractivity (Wildman–Crippen MR) is 135 cm³/mol. The largest absolute Gasteiger partial charge is 0.395 e. The lowest BCUT2D eigenvalue weighted by molar-refractivity contribution is 0.0943. The summed E-state index contributed by atoms with van der Waals surface area (Å²) < 4.78 is 0. The number of aliphatic hydroxyl groups excluding tert-OH is 1. The maximum atomic E-state index is 12.9. The molecule has 0 radical (unpaired) electrons. The molecular weight excluding hydrogens is 442 g/mol. The zero-order valence-electron chi connectivity index (χ0n) is 20.1. The fourth-order valence-electron chi connectivity index (χ4n) is 4.30. The standard InChI is InChI=1S/C26H31N7O2/c1-16(2)29-24(35)20-14-28-25(30-19-7-6-17-8-11-27-13-18(17)12-19)33-23(20)32-22-5-3-4-21(31-22)26(15-34)9-10-26/h3-7,12,14,16,27,34H,8-11,13,15H2,1-2H3,(H,29,35)(H2,28,30,31,32,33). The molecule has 3 heterocycles. The number of carbonyl (C=O) groups is 1. The lowest BCUT2D eigenvalue weighted by Gasteiger charge is -2.18. The van der Waals surface area contributed by atoms with E-state index in [1.165, 1.54) is 17.3 Å². The summed E-state index contributed by atoms with van der Waals surface area (Å²) in [5.41, 5.74) is 4.40. The van der Waals surface area contributed by atoms with Gasteiger partial charge < -0.3 is 26.4 Å². The second-order valence-electron chi connectivity index (χ2n) is 9.59. The molecule has 2 aliphatic rings. The van der Waals surface area contributed by atoms with Gasteiger partial charge in [0.05, 0.1) is 12.3 Å². The minimum atomic E-state index is -0.265. The van der Waals surface area contributed by atoms with Gasteiger partial charge in [-0.15, -0.1) is 0 Å². The van der Waals surface area contributed by atoms with Gasteiger partial charge in [-0.3, -0.25) is 4.79 Å². The molecule has 35 heavy (non-hydrogen) atoms. The van der Waals surface area contributed by atoms with Gasteiger partial charge in [0.2, 0.25) is 5.95 Å². The zero-order valence-corrected chi connectivity index (χ0v) is 20.1. The number of hydrogen-bond acceptors (Lipinski definition) is 8. The molecule has 9 nitrogen and oxygen atoms in total. The van der Waals surface area contributed by atoms with Crippen LogP contribution in [0.2, 0.25) is 0 Å². The third-order valence-electron chi connectivity index (χ3n) is 6.50. The second kappa shape index (κ2) is 9.59. The highest BCUT2D eigenvalue weighted by Gasteiger charge is 2.45. The molecule has 182 valence electrons. The average molecular weight is 474 g/mol. The smallest absolute Gasteiger partial charge is 0.256 e. The minimum absolute atomic E-state index is 0.0296. The van der Waals surface area contributed by atoms with E-state index in [4.69, 9.17) is 4.98 Å². The van der Waals surface area contributed by atoms with E-state index in [-0.39, 0.29) is 24.0 Å². The number of amides is 1. The Labute approximate surface area is 204 Å². The van der Waals surface area contributed by atoms with Crippen LogP contribution in [0.3, 0.4) is 0 Å². The first-order valence-corrected chi connectivity index (χ1v) is 12.1. The molecule has 0 saturated heterocycles. The summed E-state index contributed by atoms with van der Waals surface area (Å²) in [5, 5.41) is 22.6. The summed E-state index contributed by atoms with van der Waals surface area (Å²) >= 11 is 0. The molecule has 0 spiro atoms. The van der Waals surface area contributed by atoms with Crippen molar-refractivity contribution in [1.82, 2.24) is 25.6 Å². The monoisotopic (exact) mass is 473 g/mol. The normalized spacial score (nSPS) is 15.9. The van der Waals surface area contributed by atoms with Crippen molar-refractivity contribution in [2.45, 2.75) is 51.1 Å². The van der Waals surface area contributed by atoms with Crippen LogP contribution < -0.4 is 21.3 Å². The SMILES string of the molecule is CC(C)NC(=O)c1cnc(Nc2ccc3c(c2)CNCC3)nc1Nc1cccc(C2(CO)CC2)n1. The molecule has 1 amide bonds. The molecule has 5 rings (SSSR count). The van der Waals surface area contributed by atoms with Gasteiger partial charge in [-0.2, -0.15) is 4.98 Å². The Morgan fingerprint density at radius 3 is 2.77 bits per heavy atom. The number of hydrogen-bond donors (Lipinski definition) is 5. The lowest BCUT2D eigenvalue weighted by Crippen LogP contribution is -2.31. The predicted octanol–water partition coefficient (Wildman–Crippen LogP) is 3.17. The Hall–Kier alpha value is -3.56. The summed E-state index contributed by atoms with van der Waals surface area (Å²) in [6, 6.07) is 11.9. The van der Waals surface area contributed by atoms with E-state index in [9.17, 15) is 9.90 Å². The first-order chi connectivity index (χ1) is 17.0. The Balaban J connectivity index is 1.44. The topological polar surface area (TPSA) is 124 Å². The summed E-state index contributed by atoms with van der Waals surface area (Å²) in [5.74, 6) is 1.03. The number of nitrogens with zero attached hydrogens (tertiary/aromatic N) is 3. The average Bonchev–Trinajstić information content (AvgIpc) is 3.65. The van der Waals surface area contributed by atoms with Gasteiger partial charge in [-0.1, -0.05) is 12.1 Å². The Morgan fingerprint density at radius 1 is 1.14 bits per heavy atom.